The SMILES string of the molecule is CCCNc1ncnc(Oc2ccc(F)c(Br)c2)c1OC. The lowest BCUT2D eigenvalue weighted by Gasteiger charge is -2.13. The molecule has 0 aliphatic carbocycles. The summed E-state index contributed by atoms with van der Waals surface area (Å²) in [7, 11) is 1.52. The molecule has 0 unspecified atom stereocenters. The second-order valence-electron chi connectivity index (χ2n) is 4.17. The van der Waals surface area contributed by atoms with Gasteiger partial charge in [-0.05, 0) is 40.5 Å². The summed E-state index contributed by atoms with van der Waals surface area (Å²) in [6.07, 6.45) is 2.34. The molecule has 0 aliphatic heterocycles. The van der Waals surface area contributed by atoms with Crippen molar-refractivity contribution in [3.8, 4) is 17.4 Å². The van der Waals surface area contributed by atoms with Crippen LogP contribution in [-0.4, -0.2) is 23.6 Å². The van der Waals surface area contributed by atoms with Crippen LogP contribution in [0.2, 0.25) is 0 Å². The lowest BCUT2D eigenvalue weighted by atomic mass is 10.3. The lowest BCUT2D eigenvalue weighted by molar-refractivity contribution is 0.368. The summed E-state index contributed by atoms with van der Waals surface area (Å²) >= 11 is 3.11. The molecule has 0 saturated carbocycles. The third-order valence-corrected chi connectivity index (χ3v) is 3.23. The molecule has 1 N–H and O–H groups in total. The first kappa shape index (κ1) is 15.5. The van der Waals surface area contributed by atoms with Crippen molar-refractivity contribution in [1.29, 1.82) is 0 Å². The van der Waals surface area contributed by atoms with Gasteiger partial charge in [-0.3, -0.25) is 0 Å². The minimum Gasteiger partial charge on any atom is -0.489 e. The van der Waals surface area contributed by atoms with E-state index in [2.05, 4.69) is 31.2 Å². The highest BCUT2D eigenvalue weighted by atomic mass is 79.9. The molecule has 21 heavy (non-hydrogen) atoms. The van der Waals surface area contributed by atoms with Crippen LogP contribution >= 0.6 is 15.9 Å². The number of anilines is 1. The number of halogens is 2. The summed E-state index contributed by atoms with van der Waals surface area (Å²) in [4.78, 5) is 8.18. The summed E-state index contributed by atoms with van der Waals surface area (Å²) in [6, 6.07) is 4.35. The molecular weight excluding hydrogens is 341 g/mol. The molecule has 0 aliphatic rings. The van der Waals surface area contributed by atoms with Crippen LogP contribution in [0.1, 0.15) is 13.3 Å². The fourth-order valence-corrected chi connectivity index (χ4v) is 1.99. The molecule has 0 radical (unpaired) electrons. The Morgan fingerprint density at radius 3 is 2.81 bits per heavy atom. The first-order chi connectivity index (χ1) is 10.2. The number of rotatable bonds is 6. The summed E-state index contributed by atoms with van der Waals surface area (Å²) in [5, 5.41) is 3.14. The van der Waals surface area contributed by atoms with E-state index in [1.54, 1.807) is 0 Å². The molecule has 0 fully saturated rings. The molecule has 2 rings (SSSR count). The topological polar surface area (TPSA) is 56.3 Å². The van der Waals surface area contributed by atoms with Crippen LogP contribution in [0.5, 0.6) is 17.4 Å². The summed E-state index contributed by atoms with van der Waals surface area (Å²) in [5.41, 5.74) is 0. The van der Waals surface area contributed by atoms with Crippen molar-refractivity contribution in [3.05, 3.63) is 34.8 Å². The van der Waals surface area contributed by atoms with Gasteiger partial charge in [0.2, 0.25) is 5.75 Å². The van der Waals surface area contributed by atoms with Gasteiger partial charge in [0.25, 0.3) is 5.88 Å². The van der Waals surface area contributed by atoms with Crippen LogP contribution in [-0.2, 0) is 0 Å². The number of benzene rings is 1. The normalized spacial score (nSPS) is 10.3. The third kappa shape index (κ3) is 3.81. The summed E-state index contributed by atoms with van der Waals surface area (Å²) < 4.78 is 24.5. The molecule has 1 heterocycles. The fourth-order valence-electron chi connectivity index (χ4n) is 1.64. The van der Waals surface area contributed by atoms with Gasteiger partial charge in [0.15, 0.2) is 5.82 Å². The zero-order valence-corrected chi connectivity index (χ0v) is 13.3. The predicted octanol–water partition coefficient (Wildman–Crippen LogP) is 4.00. The molecule has 0 saturated heterocycles. The lowest BCUT2D eigenvalue weighted by Crippen LogP contribution is -2.05. The molecular formula is C14H15BrFN3O2. The van der Waals surface area contributed by atoms with Crippen molar-refractivity contribution >= 4 is 21.7 Å². The van der Waals surface area contributed by atoms with E-state index in [1.165, 1.54) is 31.6 Å². The zero-order chi connectivity index (χ0) is 15.2. The fraction of sp³-hybridized carbons (Fsp3) is 0.286. The molecule has 112 valence electrons. The first-order valence-electron chi connectivity index (χ1n) is 6.41. The van der Waals surface area contributed by atoms with Crippen LogP contribution in [0.15, 0.2) is 29.0 Å². The molecule has 2 aromatic rings. The van der Waals surface area contributed by atoms with E-state index < -0.39 is 0 Å². The molecule has 1 aromatic carbocycles. The highest BCUT2D eigenvalue weighted by molar-refractivity contribution is 9.10. The van der Waals surface area contributed by atoms with Crippen molar-refractivity contribution in [2.24, 2.45) is 0 Å². The van der Waals surface area contributed by atoms with Crippen LogP contribution in [0, 0.1) is 5.82 Å². The molecule has 0 spiro atoms. The van der Waals surface area contributed by atoms with Gasteiger partial charge in [-0.2, -0.15) is 4.98 Å². The quantitative estimate of drug-likeness (QED) is 0.848. The Labute approximate surface area is 130 Å². The highest BCUT2D eigenvalue weighted by Crippen LogP contribution is 2.35. The second kappa shape index (κ2) is 7.21. The van der Waals surface area contributed by atoms with Crippen molar-refractivity contribution in [3.63, 3.8) is 0 Å². The predicted molar refractivity (Wildman–Crippen MR) is 81.5 cm³/mol. The van der Waals surface area contributed by atoms with Gasteiger partial charge in [0, 0.05) is 6.54 Å². The Bertz CT molecular complexity index is 625. The van der Waals surface area contributed by atoms with Crippen molar-refractivity contribution in [2.45, 2.75) is 13.3 Å². The van der Waals surface area contributed by atoms with Crippen LogP contribution in [0.4, 0.5) is 10.2 Å². The van der Waals surface area contributed by atoms with Crippen LogP contribution in [0.25, 0.3) is 0 Å². The van der Waals surface area contributed by atoms with E-state index >= 15 is 0 Å². The standard InChI is InChI=1S/C14H15BrFN3O2/c1-3-6-17-13-12(20-2)14(19-8-18-13)21-9-4-5-11(16)10(15)7-9/h4-5,7-8H,3,6H2,1-2H3,(H,17,18,19). The van der Waals surface area contributed by atoms with Gasteiger partial charge in [0.05, 0.1) is 11.6 Å². The number of methoxy groups -OCH3 is 1. The number of aromatic nitrogens is 2. The zero-order valence-electron chi connectivity index (χ0n) is 11.7. The minimum absolute atomic E-state index is 0.268. The maximum atomic E-state index is 13.2. The third-order valence-electron chi connectivity index (χ3n) is 2.62. The van der Waals surface area contributed by atoms with E-state index in [1.807, 2.05) is 6.92 Å². The van der Waals surface area contributed by atoms with Crippen LogP contribution in [0.3, 0.4) is 0 Å². The Hall–Kier alpha value is -1.89. The van der Waals surface area contributed by atoms with Gasteiger partial charge in [-0.15, -0.1) is 0 Å². The van der Waals surface area contributed by atoms with E-state index in [0.29, 0.717) is 21.8 Å². The van der Waals surface area contributed by atoms with Crippen LogP contribution < -0.4 is 14.8 Å². The van der Waals surface area contributed by atoms with E-state index in [4.69, 9.17) is 9.47 Å². The van der Waals surface area contributed by atoms with E-state index in [0.717, 1.165) is 13.0 Å². The van der Waals surface area contributed by atoms with E-state index in [9.17, 15) is 4.39 Å². The smallest absolute Gasteiger partial charge is 0.268 e. The number of ether oxygens (including phenoxy) is 2. The van der Waals surface area contributed by atoms with Gasteiger partial charge >= 0.3 is 0 Å². The maximum Gasteiger partial charge on any atom is 0.268 e. The Morgan fingerprint density at radius 1 is 1.33 bits per heavy atom. The molecule has 7 heteroatoms. The average molecular weight is 356 g/mol. The molecule has 0 amide bonds. The van der Waals surface area contributed by atoms with Crippen molar-refractivity contribution < 1.29 is 13.9 Å². The first-order valence-corrected chi connectivity index (χ1v) is 7.20. The summed E-state index contributed by atoms with van der Waals surface area (Å²) in [6.45, 7) is 2.81. The molecule has 0 atom stereocenters. The number of nitrogens with one attached hydrogen (secondary N) is 1. The number of hydrogen-bond donors (Lipinski definition) is 1. The molecule has 1 aromatic heterocycles. The Kier molecular flexibility index (Phi) is 5.32. The van der Waals surface area contributed by atoms with Gasteiger partial charge in [-0.25, -0.2) is 9.37 Å². The summed E-state index contributed by atoms with van der Waals surface area (Å²) in [5.74, 6) is 1.32. The van der Waals surface area contributed by atoms with Gasteiger partial charge < -0.3 is 14.8 Å². The Balaban J connectivity index is 2.28. The maximum absolute atomic E-state index is 13.2. The number of nitrogens with zero attached hydrogens (tertiary/aromatic N) is 2. The highest BCUT2D eigenvalue weighted by Gasteiger charge is 2.14. The Morgan fingerprint density at radius 2 is 2.14 bits per heavy atom. The van der Waals surface area contributed by atoms with Gasteiger partial charge in [0.1, 0.15) is 17.9 Å². The monoisotopic (exact) mass is 355 g/mol. The van der Waals surface area contributed by atoms with E-state index in [-0.39, 0.29) is 11.7 Å². The molecule has 5 nitrogen and oxygen atoms in total. The number of hydrogen-bond acceptors (Lipinski definition) is 5. The second-order valence-corrected chi connectivity index (χ2v) is 5.02. The largest absolute Gasteiger partial charge is 0.489 e. The average Bonchev–Trinajstić information content (AvgIpc) is 2.49. The minimum atomic E-state index is -0.359. The van der Waals surface area contributed by atoms with Crippen molar-refractivity contribution in [2.75, 3.05) is 19.0 Å². The van der Waals surface area contributed by atoms with Crippen molar-refractivity contribution in [1.82, 2.24) is 9.97 Å². The molecule has 0 bridgehead atoms. The van der Waals surface area contributed by atoms with Gasteiger partial charge in [-0.1, -0.05) is 6.92 Å².